The highest BCUT2D eigenvalue weighted by molar-refractivity contribution is 5.87. The number of carboxylic acid groups (broad SMARTS) is 1. The zero-order valence-electron chi connectivity index (χ0n) is 9.95. The number of carbonyl (C=O) groups is 2. The number of rotatable bonds is 3. The van der Waals surface area contributed by atoms with Crippen molar-refractivity contribution in [1.82, 2.24) is 5.32 Å². The van der Waals surface area contributed by atoms with Crippen LogP contribution in [0, 0.1) is 5.92 Å². The minimum absolute atomic E-state index is 0.0532. The molecule has 0 aromatic carbocycles. The van der Waals surface area contributed by atoms with Crippen molar-refractivity contribution in [2.24, 2.45) is 11.7 Å². The Kier molecular flexibility index (Phi) is 3.38. The second kappa shape index (κ2) is 4.64. The van der Waals surface area contributed by atoms with Crippen LogP contribution in [0.1, 0.15) is 44.9 Å². The molecule has 0 radical (unpaired) electrons. The molecule has 0 bridgehead atoms. The number of amides is 1. The lowest BCUT2D eigenvalue weighted by Gasteiger charge is -2.38. The molecule has 0 atom stereocenters. The second-order valence-electron chi connectivity index (χ2n) is 5.37. The van der Waals surface area contributed by atoms with Crippen LogP contribution in [-0.2, 0) is 9.59 Å². The van der Waals surface area contributed by atoms with E-state index in [1.165, 1.54) is 0 Å². The first-order valence-electron chi connectivity index (χ1n) is 6.34. The minimum Gasteiger partial charge on any atom is -0.481 e. The molecule has 2 rings (SSSR count). The van der Waals surface area contributed by atoms with Gasteiger partial charge in [-0.2, -0.15) is 0 Å². The molecule has 0 heterocycles. The molecule has 2 fully saturated rings. The second-order valence-corrected chi connectivity index (χ2v) is 5.37. The van der Waals surface area contributed by atoms with E-state index in [1.54, 1.807) is 0 Å². The maximum Gasteiger partial charge on any atom is 0.306 e. The third-order valence-corrected chi connectivity index (χ3v) is 4.11. The van der Waals surface area contributed by atoms with E-state index >= 15 is 0 Å². The topological polar surface area (TPSA) is 92.4 Å². The van der Waals surface area contributed by atoms with Crippen molar-refractivity contribution in [1.29, 1.82) is 0 Å². The van der Waals surface area contributed by atoms with Gasteiger partial charge in [0.05, 0.1) is 11.5 Å². The van der Waals surface area contributed by atoms with Crippen LogP contribution in [0.5, 0.6) is 0 Å². The van der Waals surface area contributed by atoms with Gasteiger partial charge >= 0.3 is 5.97 Å². The Bertz CT molecular complexity index is 318. The molecule has 2 saturated carbocycles. The molecule has 0 aromatic heterocycles. The molecule has 5 heteroatoms. The average molecular weight is 240 g/mol. The van der Waals surface area contributed by atoms with Crippen molar-refractivity contribution in [3.05, 3.63) is 0 Å². The summed E-state index contributed by atoms with van der Waals surface area (Å²) in [5.41, 5.74) is 5.28. The van der Waals surface area contributed by atoms with Gasteiger partial charge in [-0.3, -0.25) is 9.59 Å². The average Bonchev–Trinajstić information content (AvgIpc) is 2.26. The van der Waals surface area contributed by atoms with Crippen molar-refractivity contribution in [2.45, 2.75) is 56.5 Å². The highest BCUT2D eigenvalue weighted by Gasteiger charge is 2.41. The Hall–Kier alpha value is -1.10. The molecule has 2 aliphatic rings. The molecule has 96 valence electrons. The predicted molar refractivity (Wildman–Crippen MR) is 62.3 cm³/mol. The fourth-order valence-corrected chi connectivity index (χ4v) is 2.60. The standard InChI is InChI=1S/C12H20N2O3/c13-12(6-1-7-12)11(17)14-9-4-2-8(3-5-9)10(15)16/h8-9H,1-7,13H2,(H,14,17)(H,15,16). The first-order valence-corrected chi connectivity index (χ1v) is 6.34. The summed E-state index contributed by atoms with van der Waals surface area (Å²) in [6, 6.07) is 0.110. The highest BCUT2D eigenvalue weighted by Crippen LogP contribution is 2.30. The maximum atomic E-state index is 11.9. The Morgan fingerprint density at radius 1 is 1.18 bits per heavy atom. The molecule has 4 N–H and O–H groups in total. The molecule has 5 nitrogen and oxygen atoms in total. The highest BCUT2D eigenvalue weighted by atomic mass is 16.4. The van der Waals surface area contributed by atoms with Crippen LogP contribution in [0.15, 0.2) is 0 Å². The molecule has 0 aliphatic heterocycles. The normalized spacial score (nSPS) is 31.4. The van der Waals surface area contributed by atoms with Gasteiger partial charge in [0.25, 0.3) is 0 Å². The summed E-state index contributed by atoms with van der Waals surface area (Å²) in [6.45, 7) is 0. The molecule has 2 aliphatic carbocycles. The number of carbonyl (C=O) groups excluding carboxylic acids is 1. The third-order valence-electron chi connectivity index (χ3n) is 4.11. The van der Waals surface area contributed by atoms with Crippen LogP contribution >= 0.6 is 0 Å². The molecule has 0 aromatic rings. The van der Waals surface area contributed by atoms with Gasteiger partial charge in [-0.05, 0) is 44.9 Å². The Balaban J connectivity index is 1.78. The van der Waals surface area contributed by atoms with E-state index in [0.29, 0.717) is 12.8 Å². The molecule has 0 saturated heterocycles. The van der Waals surface area contributed by atoms with Gasteiger partial charge in [0.2, 0.25) is 5.91 Å². The lowest BCUT2D eigenvalue weighted by Crippen LogP contribution is -2.60. The van der Waals surface area contributed by atoms with Crippen LogP contribution in [0.4, 0.5) is 0 Å². The smallest absolute Gasteiger partial charge is 0.306 e. The summed E-state index contributed by atoms with van der Waals surface area (Å²) in [5, 5.41) is 11.8. The molecular formula is C12H20N2O3. The molecule has 0 spiro atoms. The van der Waals surface area contributed by atoms with Crippen molar-refractivity contribution < 1.29 is 14.7 Å². The quantitative estimate of drug-likeness (QED) is 0.674. The lowest BCUT2D eigenvalue weighted by atomic mass is 9.76. The predicted octanol–water partition coefficient (Wildman–Crippen LogP) is 0.627. The van der Waals surface area contributed by atoms with Crippen molar-refractivity contribution >= 4 is 11.9 Å². The van der Waals surface area contributed by atoms with Gasteiger partial charge in [0, 0.05) is 6.04 Å². The van der Waals surface area contributed by atoms with E-state index in [2.05, 4.69) is 5.32 Å². The number of nitrogens with two attached hydrogens (primary N) is 1. The molecular weight excluding hydrogens is 220 g/mol. The van der Waals surface area contributed by atoms with Crippen molar-refractivity contribution in [3.63, 3.8) is 0 Å². The van der Waals surface area contributed by atoms with Crippen LogP contribution in [0.25, 0.3) is 0 Å². The number of aliphatic carboxylic acids is 1. The van der Waals surface area contributed by atoms with Gasteiger partial charge in [-0.1, -0.05) is 0 Å². The van der Waals surface area contributed by atoms with Gasteiger partial charge in [-0.25, -0.2) is 0 Å². The largest absolute Gasteiger partial charge is 0.481 e. The van der Waals surface area contributed by atoms with E-state index < -0.39 is 11.5 Å². The fourth-order valence-electron chi connectivity index (χ4n) is 2.60. The number of carboxylic acids is 1. The Labute approximate surface area is 101 Å². The lowest BCUT2D eigenvalue weighted by molar-refractivity contribution is -0.142. The fraction of sp³-hybridized carbons (Fsp3) is 0.833. The van der Waals surface area contributed by atoms with Crippen LogP contribution in [0.3, 0.4) is 0 Å². The summed E-state index contributed by atoms with van der Waals surface area (Å²) in [4.78, 5) is 22.7. The minimum atomic E-state index is -0.718. The van der Waals surface area contributed by atoms with E-state index in [9.17, 15) is 9.59 Å². The first kappa shape index (κ1) is 12.4. The Morgan fingerprint density at radius 3 is 2.18 bits per heavy atom. The summed E-state index contributed by atoms with van der Waals surface area (Å²) in [7, 11) is 0. The van der Waals surface area contributed by atoms with Gasteiger partial charge in [0.1, 0.15) is 0 Å². The van der Waals surface area contributed by atoms with E-state index in [4.69, 9.17) is 10.8 Å². The SMILES string of the molecule is NC1(C(=O)NC2CCC(C(=O)O)CC2)CCC1. The van der Waals surface area contributed by atoms with E-state index in [-0.39, 0.29) is 17.9 Å². The van der Waals surface area contributed by atoms with Gasteiger partial charge < -0.3 is 16.2 Å². The molecule has 1 amide bonds. The van der Waals surface area contributed by atoms with Crippen LogP contribution < -0.4 is 11.1 Å². The van der Waals surface area contributed by atoms with Crippen LogP contribution in [0.2, 0.25) is 0 Å². The van der Waals surface area contributed by atoms with Gasteiger partial charge in [0.15, 0.2) is 0 Å². The molecule has 17 heavy (non-hydrogen) atoms. The zero-order chi connectivity index (χ0) is 12.5. The van der Waals surface area contributed by atoms with E-state index in [1.807, 2.05) is 0 Å². The summed E-state index contributed by atoms with van der Waals surface area (Å²) in [6.07, 6.45) is 5.36. The zero-order valence-corrected chi connectivity index (χ0v) is 9.95. The van der Waals surface area contributed by atoms with Crippen LogP contribution in [-0.4, -0.2) is 28.6 Å². The number of hydrogen-bond acceptors (Lipinski definition) is 3. The van der Waals surface area contributed by atoms with E-state index in [0.717, 1.165) is 32.1 Å². The van der Waals surface area contributed by atoms with Crippen molar-refractivity contribution in [2.75, 3.05) is 0 Å². The van der Waals surface area contributed by atoms with Crippen molar-refractivity contribution in [3.8, 4) is 0 Å². The summed E-state index contributed by atoms with van der Waals surface area (Å²) < 4.78 is 0. The van der Waals surface area contributed by atoms with Gasteiger partial charge in [-0.15, -0.1) is 0 Å². The third kappa shape index (κ3) is 2.60. The molecule has 0 unspecified atom stereocenters. The maximum absolute atomic E-state index is 11.9. The number of nitrogens with one attached hydrogen (secondary N) is 1. The summed E-state index contributed by atoms with van der Waals surface area (Å²) in [5.74, 6) is -1.01. The summed E-state index contributed by atoms with van der Waals surface area (Å²) >= 11 is 0. The monoisotopic (exact) mass is 240 g/mol. The first-order chi connectivity index (χ1) is 8.01. The number of hydrogen-bond donors (Lipinski definition) is 3. The Morgan fingerprint density at radius 2 is 1.76 bits per heavy atom.